The van der Waals surface area contributed by atoms with Crippen molar-refractivity contribution in [2.75, 3.05) is 0 Å². The van der Waals surface area contributed by atoms with Crippen LogP contribution in [0.25, 0.3) is 0 Å². The van der Waals surface area contributed by atoms with Crippen molar-refractivity contribution >= 4 is 0 Å². The van der Waals surface area contributed by atoms with Gasteiger partial charge in [-0.05, 0) is 91.8 Å². The van der Waals surface area contributed by atoms with E-state index in [4.69, 9.17) is 0 Å². The molecule has 10 atom stereocenters. The normalized spacial score (nSPS) is 62.6. The van der Waals surface area contributed by atoms with Crippen LogP contribution in [0.3, 0.4) is 0 Å². The average Bonchev–Trinajstić information content (AvgIpc) is 2.71. The van der Waals surface area contributed by atoms with Crippen molar-refractivity contribution in [2.24, 2.45) is 46.3 Å². The third kappa shape index (κ3) is 1.84. The Kier molecular flexibility index (Phi) is 3.33. The van der Waals surface area contributed by atoms with Crippen LogP contribution in [-0.4, -0.2) is 21.9 Å². The first-order chi connectivity index (χ1) is 11.8. The number of hydrogen-bond donors (Lipinski definition) is 2. The molecule has 0 aliphatic heterocycles. The van der Waals surface area contributed by atoms with Crippen LogP contribution in [0, 0.1) is 57.7 Å². The molecule has 0 bridgehead atoms. The van der Waals surface area contributed by atoms with E-state index >= 15 is 0 Å². The van der Waals surface area contributed by atoms with E-state index in [0.717, 1.165) is 38.0 Å². The molecule has 0 aromatic rings. The second kappa shape index (κ2) is 5.02. The smallest absolute Gasteiger partial charge is 0.0728 e. The van der Waals surface area contributed by atoms with Crippen molar-refractivity contribution in [1.82, 2.24) is 0 Å². The van der Waals surface area contributed by atoms with E-state index in [9.17, 15) is 15.5 Å². The maximum Gasteiger partial charge on any atom is 0.0728 e. The van der Waals surface area contributed by atoms with Gasteiger partial charge in [0.05, 0.1) is 23.7 Å². The van der Waals surface area contributed by atoms with Gasteiger partial charge in [0.25, 0.3) is 0 Å². The summed E-state index contributed by atoms with van der Waals surface area (Å²) < 4.78 is 0. The molecule has 0 heterocycles. The number of aliphatic hydroxyl groups is 2. The monoisotopic (exact) mass is 343 g/mol. The van der Waals surface area contributed by atoms with Crippen molar-refractivity contribution in [3.05, 3.63) is 0 Å². The van der Waals surface area contributed by atoms with Gasteiger partial charge in [0.15, 0.2) is 0 Å². The molecule has 5 aliphatic rings. The summed E-state index contributed by atoms with van der Waals surface area (Å²) in [5, 5.41) is 31.5. The number of nitriles is 1. The first-order valence-electron chi connectivity index (χ1n) is 10.6. The molecule has 5 aliphatic carbocycles. The van der Waals surface area contributed by atoms with Crippen molar-refractivity contribution in [1.29, 1.82) is 5.26 Å². The van der Waals surface area contributed by atoms with Crippen LogP contribution in [0.5, 0.6) is 0 Å². The van der Waals surface area contributed by atoms with Gasteiger partial charge in [-0.25, -0.2) is 0 Å². The van der Waals surface area contributed by atoms with Gasteiger partial charge in [-0.1, -0.05) is 13.8 Å². The molecule has 5 saturated carbocycles. The number of fused-ring (bicyclic) bond motifs is 7. The highest BCUT2D eigenvalue weighted by molar-refractivity contribution is 5.21. The van der Waals surface area contributed by atoms with Crippen LogP contribution in [0.1, 0.15) is 71.6 Å². The van der Waals surface area contributed by atoms with Gasteiger partial charge in [0, 0.05) is 6.42 Å². The predicted octanol–water partition coefficient (Wildman–Crippen LogP) is 3.89. The van der Waals surface area contributed by atoms with E-state index in [1.807, 2.05) is 0 Å². The second-order valence-corrected chi connectivity index (χ2v) is 10.7. The van der Waals surface area contributed by atoms with Gasteiger partial charge in [0.2, 0.25) is 0 Å². The first kappa shape index (κ1) is 16.6. The topological polar surface area (TPSA) is 64.2 Å². The molecule has 0 radical (unpaired) electrons. The molecule has 0 aromatic heterocycles. The van der Waals surface area contributed by atoms with Gasteiger partial charge in [-0.15, -0.1) is 0 Å². The van der Waals surface area contributed by atoms with E-state index in [1.54, 1.807) is 0 Å². The van der Waals surface area contributed by atoms with Crippen LogP contribution in [0.2, 0.25) is 0 Å². The predicted molar refractivity (Wildman–Crippen MR) is 95.3 cm³/mol. The summed E-state index contributed by atoms with van der Waals surface area (Å²) in [4.78, 5) is 0. The van der Waals surface area contributed by atoms with Crippen LogP contribution in [0.15, 0.2) is 0 Å². The highest BCUT2D eigenvalue weighted by atomic mass is 16.3. The van der Waals surface area contributed by atoms with E-state index < -0.39 is 5.60 Å². The number of rotatable bonds is 0. The fourth-order valence-corrected chi connectivity index (χ4v) is 8.82. The zero-order valence-corrected chi connectivity index (χ0v) is 15.7. The van der Waals surface area contributed by atoms with Crippen LogP contribution in [0.4, 0.5) is 0 Å². The van der Waals surface area contributed by atoms with Gasteiger partial charge in [0.1, 0.15) is 0 Å². The summed E-state index contributed by atoms with van der Waals surface area (Å²) in [6.07, 6.45) is 8.93. The van der Waals surface area contributed by atoms with Crippen LogP contribution < -0.4 is 0 Å². The van der Waals surface area contributed by atoms with Gasteiger partial charge in [-0.2, -0.15) is 5.26 Å². The largest absolute Gasteiger partial charge is 0.393 e. The van der Waals surface area contributed by atoms with Crippen molar-refractivity contribution in [2.45, 2.75) is 83.3 Å². The Labute approximate surface area is 151 Å². The van der Waals surface area contributed by atoms with Crippen LogP contribution >= 0.6 is 0 Å². The Morgan fingerprint density at radius 2 is 1.68 bits per heavy atom. The minimum absolute atomic E-state index is 0.0412. The first-order valence-corrected chi connectivity index (χ1v) is 10.6. The second-order valence-electron chi connectivity index (χ2n) is 10.7. The standard InChI is InChI=1S/C22H33NO2/c1-20-8-7-17-16(19(20)15-4-3-14(15)18(20)12-23)6-10-22(25)11-13(24)5-9-21(17,22)2/h13-19,24-25H,3-11H2,1-2H3/t13-,14-,15+,16+,17-,18+,19-,20+,21+,22-/m0/s1. The molecule has 0 amide bonds. The molecule has 5 rings (SSSR count). The third-order valence-corrected chi connectivity index (χ3v) is 10.2. The molecular formula is C22H33NO2. The van der Waals surface area contributed by atoms with E-state index in [2.05, 4.69) is 19.9 Å². The summed E-state index contributed by atoms with van der Waals surface area (Å²) in [7, 11) is 0. The number of hydrogen-bond acceptors (Lipinski definition) is 3. The molecule has 0 aromatic carbocycles. The Hall–Kier alpha value is -0.590. The SMILES string of the molecule is C[C@]12CC[C@H]3[C@@H](CC[C@]4(O)C[C@@H](O)CC[C@]34C)[C@@H]1[C@@H]1CC[C@@H]1[C@H]2C#N. The Morgan fingerprint density at radius 1 is 0.920 bits per heavy atom. The fraction of sp³-hybridized carbons (Fsp3) is 0.955. The van der Waals surface area contributed by atoms with Gasteiger partial charge in [-0.3, -0.25) is 0 Å². The summed E-state index contributed by atoms with van der Waals surface area (Å²) >= 11 is 0. The molecule has 0 spiro atoms. The minimum atomic E-state index is -0.675. The lowest BCUT2D eigenvalue weighted by molar-refractivity contribution is -0.222. The summed E-state index contributed by atoms with van der Waals surface area (Å²) in [5.74, 6) is 3.65. The lowest BCUT2D eigenvalue weighted by Gasteiger charge is -2.64. The highest BCUT2D eigenvalue weighted by Gasteiger charge is 2.69. The maximum absolute atomic E-state index is 11.5. The summed E-state index contributed by atoms with van der Waals surface area (Å²) in [6, 6.07) is 2.73. The maximum atomic E-state index is 11.5. The number of nitrogens with zero attached hydrogens (tertiary/aromatic N) is 1. The van der Waals surface area contributed by atoms with E-state index in [-0.39, 0.29) is 22.9 Å². The average molecular weight is 344 g/mol. The highest BCUT2D eigenvalue weighted by Crippen LogP contribution is 2.73. The molecule has 25 heavy (non-hydrogen) atoms. The molecule has 2 N–H and O–H groups in total. The third-order valence-electron chi connectivity index (χ3n) is 10.2. The zero-order chi connectivity index (χ0) is 17.6. The Balaban J connectivity index is 1.52. The van der Waals surface area contributed by atoms with E-state index in [1.165, 1.54) is 19.3 Å². The van der Waals surface area contributed by atoms with E-state index in [0.29, 0.717) is 30.1 Å². The lowest BCUT2D eigenvalue weighted by Crippen LogP contribution is -2.63. The van der Waals surface area contributed by atoms with Crippen LogP contribution in [-0.2, 0) is 0 Å². The Bertz CT molecular complexity index is 628. The van der Waals surface area contributed by atoms with Gasteiger partial charge >= 0.3 is 0 Å². The molecule has 0 unspecified atom stereocenters. The Morgan fingerprint density at radius 3 is 2.36 bits per heavy atom. The zero-order valence-electron chi connectivity index (χ0n) is 15.7. The molecule has 3 nitrogen and oxygen atoms in total. The number of aliphatic hydroxyl groups excluding tert-OH is 1. The fourth-order valence-electron chi connectivity index (χ4n) is 8.82. The lowest BCUT2D eigenvalue weighted by atomic mass is 9.42. The minimum Gasteiger partial charge on any atom is -0.393 e. The molecule has 138 valence electrons. The quantitative estimate of drug-likeness (QED) is 0.701. The van der Waals surface area contributed by atoms with Crippen molar-refractivity contribution in [3.63, 3.8) is 0 Å². The molecule has 5 fully saturated rings. The van der Waals surface area contributed by atoms with Crippen molar-refractivity contribution < 1.29 is 10.2 Å². The van der Waals surface area contributed by atoms with Crippen molar-refractivity contribution in [3.8, 4) is 6.07 Å². The molecule has 0 saturated heterocycles. The summed E-state index contributed by atoms with van der Waals surface area (Å²) in [6.45, 7) is 4.75. The summed E-state index contributed by atoms with van der Waals surface area (Å²) in [5.41, 5.74) is -0.506. The molecule has 3 heteroatoms. The van der Waals surface area contributed by atoms with Gasteiger partial charge < -0.3 is 10.2 Å². The molecular weight excluding hydrogens is 310 g/mol.